The first-order valence-electron chi connectivity index (χ1n) is 9.92. The molecule has 10 heteroatoms. The second kappa shape index (κ2) is 9.46. The van der Waals surface area contributed by atoms with Crippen molar-refractivity contribution >= 4 is 15.7 Å². The quantitative estimate of drug-likeness (QED) is 0.675. The first kappa shape index (κ1) is 23.4. The third-order valence-electron chi connectivity index (χ3n) is 5.29. The van der Waals surface area contributed by atoms with Crippen LogP contribution in [0.2, 0.25) is 0 Å². The molecule has 3 rings (SSSR count). The van der Waals surface area contributed by atoms with Crippen LogP contribution in [-0.2, 0) is 16.6 Å². The maximum atomic E-state index is 12.9. The summed E-state index contributed by atoms with van der Waals surface area (Å²) in [4.78, 5) is 0. The van der Waals surface area contributed by atoms with E-state index in [4.69, 9.17) is 0 Å². The Morgan fingerprint density at radius 1 is 1.16 bits per heavy atom. The zero-order chi connectivity index (χ0) is 22.6. The van der Waals surface area contributed by atoms with Gasteiger partial charge in [0.2, 0.25) is 10.0 Å². The lowest BCUT2D eigenvalue weighted by Gasteiger charge is -2.36. The van der Waals surface area contributed by atoms with E-state index in [1.54, 1.807) is 0 Å². The molecule has 0 saturated carbocycles. The highest BCUT2D eigenvalue weighted by Crippen LogP contribution is 2.32. The Hall–Kier alpha value is -2.30. The molecule has 31 heavy (non-hydrogen) atoms. The van der Waals surface area contributed by atoms with E-state index in [1.807, 2.05) is 35.3 Å². The molecule has 1 N–H and O–H groups in total. The smallest absolute Gasteiger partial charge is 0.405 e. The molecule has 6 nitrogen and oxygen atoms in total. The largest absolute Gasteiger partial charge is 0.573 e. The lowest BCUT2D eigenvalue weighted by atomic mass is 9.97. The predicted octanol–water partition coefficient (Wildman–Crippen LogP) is 4.21. The fourth-order valence-electron chi connectivity index (χ4n) is 3.64. The molecule has 0 aromatic heterocycles. The molecule has 1 heterocycles. The zero-order valence-electron chi connectivity index (χ0n) is 17.4. The average molecular weight is 458 g/mol. The van der Waals surface area contributed by atoms with Crippen LogP contribution in [0.1, 0.15) is 36.4 Å². The number of benzene rings is 2. The second-order valence-corrected chi connectivity index (χ2v) is 9.53. The topological polar surface area (TPSA) is 61.9 Å². The number of hydrogen-bond donors (Lipinski definition) is 1. The van der Waals surface area contributed by atoms with Crippen LogP contribution in [-0.4, -0.2) is 39.6 Å². The molecule has 1 atom stereocenters. The van der Waals surface area contributed by atoms with Gasteiger partial charge in [-0.2, -0.15) is 0 Å². The van der Waals surface area contributed by atoms with Gasteiger partial charge in [-0.3, -0.25) is 9.73 Å². The van der Waals surface area contributed by atoms with Crippen molar-refractivity contribution in [3.8, 4) is 5.75 Å². The van der Waals surface area contributed by atoms with Gasteiger partial charge in [0.15, 0.2) is 0 Å². The van der Waals surface area contributed by atoms with E-state index in [0.29, 0.717) is 0 Å². The lowest BCUT2D eigenvalue weighted by Crippen LogP contribution is -2.43. The van der Waals surface area contributed by atoms with E-state index in [9.17, 15) is 21.6 Å². The Bertz CT molecular complexity index is 984. The number of piperidine rings is 1. The minimum absolute atomic E-state index is 0.0557. The van der Waals surface area contributed by atoms with Crippen molar-refractivity contribution in [3.63, 3.8) is 0 Å². The Labute approximate surface area is 180 Å². The number of hydrazine groups is 1. The number of anilines is 1. The van der Waals surface area contributed by atoms with Crippen molar-refractivity contribution in [1.29, 1.82) is 0 Å². The molecular weight excluding hydrogens is 431 g/mol. The Morgan fingerprint density at radius 3 is 2.52 bits per heavy atom. The van der Waals surface area contributed by atoms with Gasteiger partial charge in [-0.15, -0.1) is 13.2 Å². The monoisotopic (exact) mass is 457 g/mol. The average Bonchev–Trinajstić information content (AvgIpc) is 2.71. The summed E-state index contributed by atoms with van der Waals surface area (Å²) >= 11 is 0. The van der Waals surface area contributed by atoms with E-state index >= 15 is 0 Å². The third-order valence-corrected chi connectivity index (χ3v) is 6.50. The van der Waals surface area contributed by atoms with Gasteiger partial charge in [0.05, 0.1) is 11.9 Å². The summed E-state index contributed by atoms with van der Waals surface area (Å²) in [7, 11) is -2.21. The van der Waals surface area contributed by atoms with E-state index in [1.165, 1.54) is 19.2 Å². The van der Waals surface area contributed by atoms with Crippen molar-refractivity contribution in [3.05, 3.63) is 59.7 Å². The maximum absolute atomic E-state index is 12.9. The van der Waals surface area contributed by atoms with Crippen LogP contribution < -0.4 is 14.5 Å². The number of nitrogens with one attached hydrogen (secondary N) is 1. The molecule has 0 amide bonds. The Kier molecular flexibility index (Phi) is 7.13. The van der Waals surface area contributed by atoms with E-state index in [0.717, 1.165) is 48.0 Å². The zero-order valence-corrected chi connectivity index (χ0v) is 18.2. The van der Waals surface area contributed by atoms with E-state index < -0.39 is 16.4 Å². The number of ether oxygens (including phenoxy) is 1. The summed E-state index contributed by atoms with van der Waals surface area (Å²) in [6, 6.07) is 13.9. The van der Waals surface area contributed by atoms with Gasteiger partial charge < -0.3 is 4.74 Å². The van der Waals surface area contributed by atoms with Gasteiger partial charge in [-0.05, 0) is 36.6 Å². The standard InChI is InChI=1S/C21H26F3N3O3S/c1-26(31(2,28)29)18-11-12-20(30-21(22,23)24)17(14-18)15-25-27-13-7-6-10-19(27)16-8-4-3-5-9-16/h3-5,8-9,11-12,14,19,25H,6-7,10,13,15H2,1-2H3. The van der Waals surface area contributed by atoms with Crippen molar-refractivity contribution in [2.75, 3.05) is 24.2 Å². The van der Waals surface area contributed by atoms with Crippen molar-refractivity contribution < 1.29 is 26.3 Å². The molecule has 1 aliphatic heterocycles. The van der Waals surface area contributed by atoms with E-state index in [2.05, 4.69) is 10.2 Å². The highest BCUT2D eigenvalue weighted by Gasteiger charge is 2.32. The second-order valence-electron chi connectivity index (χ2n) is 7.52. The van der Waals surface area contributed by atoms with E-state index in [-0.39, 0.29) is 29.6 Å². The molecule has 1 aliphatic rings. The van der Waals surface area contributed by atoms with Crippen LogP contribution in [0.5, 0.6) is 5.75 Å². The number of hydrogen-bond acceptors (Lipinski definition) is 5. The van der Waals surface area contributed by atoms with Crippen LogP contribution in [0.4, 0.5) is 18.9 Å². The molecule has 2 aromatic rings. The minimum atomic E-state index is -4.85. The molecular formula is C21H26F3N3O3S. The summed E-state index contributed by atoms with van der Waals surface area (Å²) in [5.74, 6) is -0.362. The third kappa shape index (κ3) is 6.34. The molecule has 0 aliphatic carbocycles. The molecule has 0 radical (unpaired) electrons. The molecule has 0 bridgehead atoms. The predicted molar refractivity (Wildman–Crippen MR) is 113 cm³/mol. The molecule has 1 saturated heterocycles. The van der Waals surface area contributed by atoms with Crippen LogP contribution in [0.3, 0.4) is 0 Å². The lowest BCUT2D eigenvalue weighted by molar-refractivity contribution is -0.274. The van der Waals surface area contributed by atoms with Crippen molar-refractivity contribution in [1.82, 2.24) is 10.4 Å². The molecule has 1 unspecified atom stereocenters. The normalized spacial score (nSPS) is 18.0. The fourth-order valence-corrected chi connectivity index (χ4v) is 4.14. The van der Waals surface area contributed by atoms with Gasteiger partial charge in [-0.1, -0.05) is 36.8 Å². The molecule has 1 fully saturated rings. The molecule has 170 valence electrons. The summed E-state index contributed by atoms with van der Waals surface area (Å²) in [5.41, 5.74) is 4.83. The number of sulfonamides is 1. The SMILES string of the molecule is CN(c1ccc(OC(F)(F)F)c(CNN2CCCCC2c2ccccc2)c1)S(C)(=O)=O. The summed E-state index contributed by atoms with van der Waals surface area (Å²) < 4.78 is 67.6. The number of alkyl halides is 3. The highest BCUT2D eigenvalue weighted by molar-refractivity contribution is 7.92. The molecule has 2 aromatic carbocycles. The number of rotatable bonds is 7. The van der Waals surface area contributed by atoms with Crippen molar-refractivity contribution in [2.45, 2.75) is 38.2 Å². The molecule has 0 spiro atoms. The Morgan fingerprint density at radius 2 is 1.87 bits per heavy atom. The Balaban J connectivity index is 1.85. The first-order valence-corrected chi connectivity index (χ1v) is 11.8. The maximum Gasteiger partial charge on any atom is 0.573 e. The number of nitrogens with zero attached hydrogens (tertiary/aromatic N) is 2. The fraction of sp³-hybridized carbons (Fsp3) is 0.429. The van der Waals surface area contributed by atoms with Gasteiger partial charge in [0, 0.05) is 31.7 Å². The highest BCUT2D eigenvalue weighted by atomic mass is 32.2. The summed E-state index contributed by atoms with van der Waals surface area (Å²) in [5, 5.41) is 2.03. The van der Waals surface area contributed by atoms with Crippen LogP contribution >= 0.6 is 0 Å². The first-order chi connectivity index (χ1) is 14.5. The summed E-state index contributed by atoms with van der Waals surface area (Å²) in [6.45, 7) is 0.804. The van der Waals surface area contributed by atoms with Gasteiger partial charge in [-0.25, -0.2) is 13.4 Å². The van der Waals surface area contributed by atoms with Gasteiger partial charge in [0.25, 0.3) is 0 Å². The van der Waals surface area contributed by atoms with Crippen LogP contribution in [0.15, 0.2) is 48.5 Å². The van der Waals surface area contributed by atoms with Crippen LogP contribution in [0.25, 0.3) is 0 Å². The van der Waals surface area contributed by atoms with Crippen LogP contribution in [0, 0.1) is 0 Å². The number of halogens is 3. The van der Waals surface area contributed by atoms with Crippen molar-refractivity contribution in [2.24, 2.45) is 0 Å². The summed E-state index contributed by atoms with van der Waals surface area (Å²) in [6.07, 6.45) is -0.854. The van der Waals surface area contributed by atoms with Gasteiger partial charge >= 0.3 is 6.36 Å². The minimum Gasteiger partial charge on any atom is -0.405 e. The van der Waals surface area contributed by atoms with Gasteiger partial charge in [0.1, 0.15) is 5.75 Å².